The van der Waals surface area contributed by atoms with Gasteiger partial charge in [0.25, 0.3) is 0 Å². The number of hydrogen-bond acceptors (Lipinski definition) is 2. The molecule has 2 aromatic carbocycles. The third-order valence-corrected chi connectivity index (χ3v) is 4.42. The highest BCUT2D eigenvalue weighted by Crippen LogP contribution is 2.30. The van der Waals surface area contributed by atoms with E-state index in [1.165, 1.54) is 11.8 Å². The van der Waals surface area contributed by atoms with Crippen molar-refractivity contribution in [3.05, 3.63) is 57.0 Å². The second-order valence-corrected chi connectivity index (χ2v) is 6.41. The molecule has 2 rings (SSSR count). The zero-order valence-electron chi connectivity index (χ0n) is 13.1. The number of rotatable bonds is 4. The predicted octanol–water partition coefficient (Wildman–Crippen LogP) is 4.95. The van der Waals surface area contributed by atoms with Crippen LogP contribution in [0.1, 0.15) is 12.5 Å². The van der Waals surface area contributed by atoms with E-state index in [-0.39, 0.29) is 17.5 Å². The van der Waals surface area contributed by atoms with Crippen LogP contribution >= 0.6 is 34.8 Å². The second kappa shape index (κ2) is 7.88. The number of carbonyl (C=O) groups excluding carboxylic acids is 2. The summed E-state index contributed by atoms with van der Waals surface area (Å²) in [7, 11) is 0. The quantitative estimate of drug-likeness (QED) is 0.810. The maximum atomic E-state index is 12.3. The Hall–Kier alpha value is -1.75. The normalized spacial score (nSPS) is 10.4. The van der Waals surface area contributed by atoms with Crippen molar-refractivity contribution in [1.29, 1.82) is 0 Å². The summed E-state index contributed by atoms with van der Waals surface area (Å²) in [6.07, 6.45) is 0. The smallest absolute Gasteiger partial charge is 0.244 e. The fraction of sp³-hybridized carbons (Fsp3) is 0.176. The molecule has 2 aromatic rings. The van der Waals surface area contributed by atoms with Gasteiger partial charge >= 0.3 is 0 Å². The van der Waals surface area contributed by atoms with Crippen molar-refractivity contribution in [2.75, 3.05) is 16.8 Å². The molecule has 0 aliphatic carbocycles. The van der Waals surface area contributed by atoms with E-state index >= 15 is 0 Å². The molecule has 0 aromatic heterocycles. The number of anilines is 2. The van der Waals surface area contributed by atoms with Gasteiger partial charge in [0.1, 0.15) is 6.54 Å². The van der Waals surface area contributed by atoms with Crippen LogP contribution in [0.3, 0.4) is 0 Å². The van der Waals surface area contributed by atoms with Gasteiger partial charge in [-0.15, -0.1) is 0 Å². The summed E-state index contributed by atoms with van der Waals surface area (Å²) in [6, 6.07) is 10.1. The zero-order valence-corrected chi connectivity index (χ0v) is 15.3. The Balaban J connectivity index is 2.22. The highest BCUT2D eigenvalue weighted by Gasteiger charge is 2.19. The first-order valence-corrected chi connectivity index (χ1v) is 8.21. The van der Waals surface area contributed by atoms with Crippen molar-refractivity contribution in [2.24, 2.45) is 0 Å². The molecule has 0 spiro atoms. The molecule has 0 saturated carbocycles. The standard InChI is InChI=1S/C17H15Cl3N2O2/c1-10-6-7-12(18)8-15(10)22(11(2)23)9-16(24)21-14-5-3-4-13(19)17(14)20/h3-8H,9H2,1-2H3,(H,21,24). The molecule has 0 aliphatic heterocycles. The van der Waals surface area contributed by atoms with Crippen LogP contribution in [-0.4, -0.2) is 18.4 Å². The van der Waals surface area contributed by atoms with Gasteiger partial charge in [-0.05, 0) is 36.8 Å². The molecule has 0 fully saturated rings. The molecule has 1 N–H and O–H groups in total. The largest absolute Gasteiger partial charge is 0.323 e. The third kappa shape index (κ3) is 4.41. The molecule has 0 unspecified atom stereocenters. The SMILES string of the molecule is CC(=O)N(CC(=O)Nc1cccc(Cl)c1Cl)c1cc(Cl)ccc1C. The number of aryl methyl sites for hydroxylation is 1. The molecule has 0 saturated heterocycles. The van der Waals surface area contributed by atoms with Gasteiger partial charge in [0.05, 0.1) is 15.7 Å². The summed E-state index contributed by atoms with van der Waals surface area (Å²) in [5.41, 5.74) is 1.81. The Morgan fingerprint density at radius 1 is 1.12 bits per heavy atom. The highest BCUT2D eigenvalue weighted by atomic mass is 35.5. The van der Waals surface area contributed by atoms with E-state index in [0.29, 0.717) is 21.4 Å². The number of nitrogens with zero attached hydrogens (tertiary/aromatic N) is 1. The maximum absolute atomic E-state index is 12.3. The van der Waals surface area contributed by atoms with Gasteiger partial charge in [0.2, 0.25) is 11.8 Å². The van der Waals surface area contributed by atoms with Crippen molar-refractivity contribution < 1.29 is 9.59 Å². The lowest BCUT2D eigenvalue weighted by Gasteiger charge is -2.23. The lowest BCUT2D eigenvalue weighted by atomic mass is 10.1. The zero-order chi connectivity index (χ0) is 17.9. The highest BCUT2D eigenvalue weighted by molar-refractivity contribution is 6.44. The summed E-state index contributed by atoms with van der Waals surface area (Å²) in [4.78, 5) is 25.6. The molecule has 0 aliphatic rings. The van der Waals surface area contributed by atoms with Gasteiger partial charge in [-0.2, -0.15) is 0 Å². The molecule has 4 nitrogen and oxygen atoms in total. The summed E-state index contributed by atoms with van der Waals surface area (Å²) in [5.74, 6) is -0.665. The van der Waals surface area contributed by atoms with Crippen molar-refractivity contribution in [1.82, 2.24) is 0 Å². The van der Waals surface area contributed by atoms with E-state index in [2.05, 4.69) is 5.32 Å². The average Bonchev–Trinajstić information content (AvgIpc) is 2.52. The average molecular weight is 386 g/mol. The predicted molar refractivity (Wildman–Crippen MR) is 99.3 cm³/mol. The minimum atomic E-state index is -0.395. The van der Waals surface area contributed by atoms with Crippen LogP contribution in [0.2, 0.25) is 15.1 Å². The molecule has 0 bridgehead atoms. The van der Waals surface area contributed by atoms with E-state index in [9.17, 15) is 9.59 Å². The number of hydrogen-bond donors (Lipinski definition) is 1. The fourth-order valence-electron chi connectivity index (χ4n) is 2.17. The third-order valence-electron chi connectivity index (χ3n) is 3.37. The second-order valence-electron chi connectivity index (χ2n) is 5.19. The Morgan fingerprint density at radius 2 is 1.83 bits per heavy atom. The fourth-order valence-corrected chi connectivity index (χ4v) is 2.69. The van der Waals surface area contributed by atoms with E-state index in [1.807, 2.05) is 6.92 Å². The number of benzene rings is 2. The molecule has 2 amide bonds. The maximum Gasteiger partial charge on any atom is 0.244 e. The van der Waals surface area contributed by atoms with Crippen molar-refractivity contribution >= 4 is 58.0 Å². The first-order chi connectivity index (χ1) is 11.3. The Kier molecular flexibility index (Phi) is 6.10. The Morgan fingerprint density at radius 3 is 2.50 bits per heavy atom. The number of nitrogens with one attached hydrogen (secondary N) is 1. The van der Waals surface area contributed by atoms with E-state index < -0.39 is 5.91 Å². The van der Waals surface area contributed by atoms with Gasteiger partial charge in [-0.1, -0.05) is 46.9 Å². The minimum absolute atomic E-state index is 0.167. The number of amides is 2. The van der Waals surface area contributed by atoms with Crippen LogP contribution in [0.4, 0.5) is 11.4 Å². The van der Waals surface area contributed by atoms with Crippen LogP contribution in [-0.2, 0) is 9.59 Å². The van der Waals surface area contributed by atoms with Gasteiger partial charge in [-0.25, -0.2) is 0 Å². The molecular formula is C17H15Cl3N2O2. The molecule has 0 atom stereocenters. The summed E-state index contributed by atoms with van der Waals surface area (Å²) < 4.78 is 0. The lowest BCUT2D eigenvalue weighted by Crippen LogP contribution is -2.37. The van der Waals surface area contributed by atoms with E-state index in [1.54, 1.807) is 36.4 Å². The molecule has 24 heavy (non-hydrogen) atoms. The Bertz CT molecular complexity index is 793. The first-order valence-electron chi connectivity index (χ1n) is 7.07. The van der Waals surface area contributed by atoms with Crippen LogP contribution in [0, 0.1) is 6.92 Å². The minimum Gasteiger partial charge on any atom is -0.323 e. The van der Waals surface area contributed by atoms with Gasteiger partial charge in [0, 0.05) is 17.6 Å². The first kappa shape index (κ1) is 18.6. The molecule has 126 valence electrons. The van der Waals surface area contributed by atoms with E-state index in [4.69, 9.17) is 34.8 Å². The van der Waals surface area contributed by atoms with Gasteiger partial charge in [-0.3, -0.25) is 9.59 Å². The molecular weight excluding hydrogens is 371 g/mol. The number of halogens is 3. The number of carbonyl (C=O) groups is 2. The molecule has 0 radical (unpaired) electrons. The molecule has 7 heteroatoms. The van der Waals surface area contributed by atoms with Crippen LogP contribution in [0.5, 0.6) is 0 Å². The van der Waals surface area contributed by atoms with Crippen LogP contribution < -0.4 is 10.2 Å². The monoisotopic (exact) mass is 384 g/mol. The Labute approximate surface area is 155 Å². The topological polar surface area (TPSA) is 49.4 Å². The van der Waals surface area contributed by atoms with E-state index in [0.717, 1.165) is 5.56 Å². The van der Waals surface area contributed by atoms with Crippen molar-refractivity contribution in [3.8, 4) is 0 Å². The van der Waals surface area contributed by atoms with Gasteiger partial charge < -0.3 is 10.2 Å². The summed E-state index contributed by atoms with van der Waals surface area (Å²) >= 11 is 18.0. The van der Waals surface area contributed by atoms with Crippen molar-refractivity contribution in [3.63, 3.8) is 0 Å². The van der Waals surface area contributed by atoms with Crippen molar-refractivity contribution in [2.45, 2.75) is 13.8 Å². The van der Waals surface area contributed by atoms with Crippen LogP contribution in [0.15, 0.2) is 36.4 Å². The summed E-state index contributed by atoms with van der Waals surface area (Å²) in [5, 5.41) is 3.73. The summed E-state index contributed by atoms with van der Waals surface area (Å²) in [6.45, 7) is 3.06. The lowest BCUT2D eigenvalue weighted by molar-refractivity contribution is -0.120. The van der Waals surface area contributed by atoms with Crippen LogP contribution in [0.25, 0.3) is 0 Å². The van der Waals surface area contributed by atoms with Gasteiger partial charge in [0.15, 0.2) is 0 Å². The molecule has 0 heterocycles.